The second-order valence-electron chi connectivity index (χ2n) is 6.14. The Bertz CT molecular complexity index is 462. The molecule has 0 aromatic carbocycles. The molecule has 116 valence electrons. The SMILES string of the molecule is CCN1CCN(c2cc(C)nc(N3CCCCC3)n2)CC1. The number of nitrogens with zero attached hydrogens (tertiary/aromatic N) is 5. The van der Waals surface area contributed by atoms with Crippen LogP contribution in [0.2, 0.25) is 0 Å². The molecule has 2 aliphatic rings. The minimum atomic E-state index is 0.933. The van der Waals surface area contributed by atoms with E-state index >= 15 is 0 Å². The maximum Gasteiger partial charge on any atom is 0.227 e. The number of piperazine rings is 1. The van der Waals surface area contributed by atoms with Gasteiger partial charge in [0.15, 0.2) is 0 Å². The number of hydrogen-bond donors (Lipinski definition) is 0. The Morgan fingerprint density at radius 3 is 2.29 bits per heavy atom. The highest BCUT2D eigenvalue weighted by atomic mass is 15.3. The van der Waals surface area contributed by atoms with Crippen molar-refractivity contribution in [1.82, 2.24) is 14.9 Å². The number of hydrogen-bond acceptors (Lipinski definition) is 5. The van der Waals surface area contributed by atoms with Crippen LogP contribution in [0.15, 0.2) is 6.07 Å². The number of piperidine rings is 1. The molecule has 1 aromatic rings. The van der Waals surface area contributed by atoms with Crippen molar-refractivity contribution < 1.29 is 0 Å². The van der Waals surface area contributed by atoms with Crippen LogP contribution in [0.25, 0.3) is 0 Å². The van der Waals surface area contributed by atoms with Gasteiger partial charge in [-0.05, 0) is 32.7 Å². The van der Waals surface area contributed by atoms with Crippen LogP contribution < -0.4 is 9.80 Å². The fourth-order valence-electron chi connectivity index (χ4n) is 3.23. The first-order valence-corrected chi connectivity index (χ1v) is 8.34. The van der Waals surface area contributed by atoms with E-state index in [4.69, 9.17) is 4.98 Å². The van der Waals surface area contributed by atoms with Crippen molar-refractivity contribution in [3.05, 3.63) is 11.8 Å². The topological polar surface area (TPSA) is 35.5 Å². The van der Waals surface area contributed by atoms with Crippen LogP contribution in [0.1, 0.15) is 31.9 Å². The molecule has 3 heterocycles. The summed E-state index contributed by atoms with van der Waals surface area (Å²) in [6.07, 6.45) is 3.87. The second-order valence-corrected chi connectivity index (χ2v) is 6.14. The summed E-state index contributed by atoms with van der Waals surface area (Å²) in [6.45, 7) is 12.1. The van der Waals surface area contributed by atoms with E-state index in [-0.39, 0.29) is 0 Å². The lowest BCUT2D eigenvalue weighted by Crippen LogP contribution is -2.46. The van der Waals surface area contributed by atoms with Crippen molar-refractivity contribution in [3.63, 3.8) is 0 Å². The number of anilines is 2. The summed E-state index contributed by atoms with van der Waals surface area (Å²) in [7, 11) is 0. The molecule has 0 radical (unpaired) electrons. The number of rotatable bonds is 3. The Hall–Kier alpha value is -1.36. The number of aromatic nitrogens is 2. The van der Waals surface area contributed by atoms with E-state index in [9.17, 15) is 0 Å². The first-order valence-electron chi connectivity index (χ1n) is 8.34. The summed E-state index contributed by atoms with van der Waals surface area (Å²) in [5, 5.41) is 0. The molecule has 0 atom stereocenters. The first kappa shape index (κ1) is 14.6. The number of likely N-dealkylation sites (N-methyl/N-ethyl adjacent to an activating group) is 1. The van der Waals surface area contributed by atoms with E-state index < -0.39 is 0 Å². The second kappa shape index (κ2) is 6.60. The highest BCUT2D eigenvalue weighted by molar-refractivity contribution is 5.46. The van der Waals surface area contributed by atoms with E-state index in [1.807, 2.05) is 0 Å². The van der Waals surface area contributed by atoms with Gasteiger partial charge in [0.25, 0.3) is 0 Å². The highest BCUT2D eigenvalue weighted by Gasteiger charge is 2.20. The van der Waals surface area contributed by atoms with Gasteiger partial charge in [-0.1, -0.05) is 6.92 Å². The van der Waals surface area contributed by atoms with Crippen LogP contribution in [0.4, 0.5) is 11.8 Å². The maximum atomic E-state index is 4.85. The summed E-state index contributed by atoms with van der Waals surface area (Å²) in [5.41, 5.74) is 1.08. The lowest BCUT2D eigenvalue weighted by Gasteiger charge is -2.35. The summed E-state index contributed by atoms with van der Waals surface area (Å²) in [6, 6.07) is 2.13. The molecule has 0 amide bonds. The third-order valence-electron chi connectivity index (χ3n) is 4.61. The predicted molar refractivity (Wildman–Crippen MR) is 87.2 cm³/mol. The van der Waals surface area contributed by atoms with Gasteiger partial charge in [-0.2, -0.15) is 4.98 Å². The molecule has 0 bridgehead atoms. The van der Waals surface area contributed by atoms with Crippen molar-refractivity contribution in [2.75, 3.05) is 55.6 Å². The van der Waals surface area contributed by atoms with Crippen LogP contribution in [0, 0.1) is 6.92 Å². The molecule has 5 heteroatoms. The summed E-state index contributed by atoms with van der Waals surface area (Å²) in [5.74, 6) is 2.04. The van der Waals surface area contributed by atoms with E-state index in [1.54, 1.807) is 0 Å². The number of aryl methyl sites for hydroxylation is 1. The van der Waals surface area contributed by atoms with Gasteiger partial charge in [-0.25, -0.2) is 4.98 Å². The molecular formula is C16H27N5. The molecule has 0 spiro atoms. The molecule has 0 N–H and O–H groups in total. The minimum Gasteiger partial charge on any atom is -0.354 e. The molecule has 1 aromatic heterocycles. The van der Waals surface area contributed by atoms with Crippen LogP contribution in [-0.2, 0) is 0 Å². The molecule has 2 fully saturated rings. The van der Waals surface area contributed by atoms with Gasteiger partial charge in [0, 0.05) is 51.0 Å². The monoisotopic (exact) mass is 289 g/mol. The zero-order valence-electron chi connectivity index (χ0n) is 13.4. The van der Waals surface area contributed by atoms with Crippen molar-refractivity contribution in [2.24, 2.45) is 0 Å². The Kier molecular flexibility index (Phi) is 4.58. The van der Waals surface area contributed by atoms with Gasteiger partial charge in [-0.3, -0.25) is 0 Å². The molecule has 3 rings (SSSR count). The Balaban J connectivity index is 1.74. The molecule has 2 saturated heterocycles. The van der Waals surface area contributed by atoms with Crippen LogP contribution in [0.5, 0.6) is 0 Å². The van der Waals surface area contributed by atoms with Crippen LogP contribution >= 0.6 is 0 Å². The van der Waals surface area contributed by atoms with E-state index in [2.05, 4.69) is 39.6 Å². The van der Waals surface area contributed by atoms with E-state index in [0.717, 1.165) is 63.3 Å². The first-order chi connectivity index (χ1) is 10.3. The van der Waals surface area contributed by atoms with Gasteiger partial charge < -0.3 is 14.7 Å². The summed E-state index contributed by atoms with van der Waals surface area (Å²) in [4.78, 5) is 16.8. The van der Waals surface area contributed by atoms with Gasteiger partial charge in [0.1, 0.15) is 5.82 Å². The summed E-state index contributed by atoms with van der Waals surface area (Å²) < 4.78 is 0. The van der Waals surface area contributed by atoms with E-state index in [1.165, 1.54) is 19.3 Å². The van der Waals surface area contributed by atoms with Crippen LogP contribution in [0.3, 0.4) is 0 Å². The summed E-state index contributed by atoms with van der Waals surface area (Å²) >= 11 is 0. The van der Waals surface area contributed by atoms with E-state index in [0.29, 0.717) is 0 Å². The quantitative estimate of drug-likeness (QED) is 0.849. The normalized spacial score (nSPS) is 20.9. The zero-order valence-corrected chi connectivity index (χ0v) is 13.4. The molecule has 0 saturated carbocycles. The molecule has 0 unspecified atom stereocenters. The third-order valence-corrected chi connectivity index (χ3v) is 4.61. The smallest absolute Gasteiger partial charge is 0.227 e. The highest BCUT2D eigenvalue weighted by Crippen LogP contribution is 2.21. The fourth-order valence-corrected chi connectivity index (χ4v) is 3.23. The van der Waals surface area contributed by atoms with Crippen molar-refractivity contribution in [2.45, 2.75) is 33.1 Å². The average Bonchev–Trinajstić information content (AvgIpc) is 2.55. The lowest BCUT2D eigenvalue weighted by molar-refractivity contribution is 0.270. The van der Waals surface area contributed by atoms with Crippen molar-refractivity contribution in [3.8, 4) is 0 Å². The van der Waals surface area contributed by atoms with Gasteiger partial charge in [0.05, 0.1) is 0 Å². The van der Waals surface area contributed by atoms with Crippen LogP contribution in [-0.4, -0.2) is 60.7 Å². The largest absolute Gasteiger partial charge is 0.354 e. The molecule has 2 aliphatic heterocycles. The van der Waals surface area contributed by atoms with Gasteiger partial charge in [-0.15, -0.1) is 0 Å². The minimum absolute atomic E-state index is 0.933. The third kappa shape index (κ3) is 3.46. The Labute approximate surface area is 128 Å². The maximum absolute atomic E-state index is 4.85. The Morgan fingerprint density at radius 1 is 0.905 bits per heavy atom. The van der Waals surface area contributed by atoms with Gasteiger partial charge in [0.2, 0.25) is 5.95 Å². The fraction of sp³-hybridized carbons (Fsp3) is 0.750. The molecule has 5 nitrogen and oxygen atoms in total. The lowest BCUT2D eigenvalue weighted by atomic mass is 10.1. The Morgan fingerprint density at radius 2 is 1.62 bits per heavy atom. The molecular weight excluding hydrogens is 262 g/mol. The molecule has 0 aliphatic carbocycles. The standard InChI is InChI=1S/C16H27N5/c1-3-19-9-11-20(12-10-19)15-13-14(2)17-16(18-15)21-7-5-4-6-8-21/h13H,3-12H2,1-2H3. The molecule has 21 heavy (non-hydrogen) atoms. The zero-order chi connectivity index (χ0) is 14.7. The van der Waals surface area contributed by atoms with Crippen molar-refractivity contribution >= 4 is 11.8 Å². The predicted octanol–water partition coefficient (Wildman–Crippen LogP) is 1.92. The van der Waals surface area contributed by atoms with Crippen molar-refractivity contribution in [1.29, 1.82) is 0 Å². The average molecular weight is 289 g/mol. The van der Waals surface area contributed by atoms with Gasteiger partial charge >= 0.3 is 0 Å².